The maximum Gasteiger partial charge on any atom is 0.282 e. The van der Waals surface area contributed by atoms with Crippen molar-refractivity contribution >= 4 is 28.8 Å². The van der Waals surface area contributed by atoms with E-state index < -0.39 is 29.1 Å². The van der Waals surface area contributed by atoms with Crippen molar-refractivity contribution in [2.45, 2.75) is 13.8 Å². The van der Waals surface area contributed by atoms with Gasteiger partial charge in [0.2, 0.25) is 0 Å². The fraction of sp³-hybridized carbons (Fsp3) is 0.154. The molecule has 1 aliphatic rings. The van der Waals surface area contributed by atoms with Crippen LogP contribution in [0.4, 0.5) is 20.2 Å². The lowest BCUT2D eigenvalue weighted by Crippen LogP contribution is -2.33. The zero-order valence-electron chi connectivity index (χ0n) is 19.0. The van der Waals surface area contributed by atoms with E-state index in [1.54, 1.807) is 24.3 Å². The summed E-state index contributed by atoms with van der Waals surface area (Å²) in [6, 6.07) is 12.9. The molecule has 8 heteroatoms. The third-order valence-electron chi connectivity index (χ3n) is 5.55. The molecule has 0 atom stereocenters. The van der Waals surface area contributed by atoms with Gasteiger partial charge in [0.1, 0.15) is 28.8 Å². The van der Waals surface area contributed by atoms with Gasteiger partial charge >= 0.3 is 0 Å². The average molecular weight is 464 g/mol. The number of ether oxygens (including phenoxy) is 2. The molecule has 0 bridgehead atoms. The topological polar surface area (TPSA) is 67.9 Å². The minimum Gasteiger partial charge on any atom is -0.497 e. The van der Waals surface area contributed by atoms with Crippen molar-refractivity contribution < 1.29 is 27.8 Å². The number of aryl methyl sites for hydroxylation is 2. The highest BCUT2D eigenvalue weighted by atomic mass is 19.1. The Morgan fingerprint density at radius 1 is 0.853 bits per heavy atom. The van der Waals surface area contributed by atoms with Crippen LogP contribution in [-0.2, 0) is 9.59 Å². The summed E-state index contributed by atoms with van der Waals surface area (Å²) < 4.78 is 39.1. The molecule has 0 saturated carbocycles. The molecule has 0 saturated heterocycles. The molecule has 2 amide bonds. The first-order valence-electron chi connectivity index (χ1n) is 10.4. The molecule has 0 unspecified atom stereocenters. The highest BCUT2D eigenvalue weighted by Gasteiger charge is 2.42. The molecule has 1 aliphatic heterocycles. The van der Waals surface area contributed by atoms with Gasteiger partial charge in [-0.15, -0.1) is 0 Å². The number of anilines is 2. The van der Waals surface area contributed by atoms with E-state index in [4.69, 9.17) is 9.47 Å². The number of rotatable bonds is 6. The van der Waals surface area contributed by atoms with E-state index in [1.807, 2.05) is 26.0 Å². The summed E-state index contributed by atoms with van der Waals surface area (Å²) >= 11 is 0. The first-order valence-corrected chi connectivity index (χ1v) is 10.4. The van der Waals surface area contributed by atoms with Crippen LogP contribution in [0.15, 0.2) is 60.3 Å². The van der Waals surface area contributed by atoms with Crippen LogP contribution >= 0.6 is 0 Å². The molecule has 0 radical (unpaired) electrons. The number of carbonyl (C=O) groups is 2. The second-order valence-corrected chi connectivity index (χ2v) is 7.80. The largest absolute Gasteiger partial charge is 0.497 e. The Hall–Kier alpha value is -4.20. The lowest BCUT2D eigenvalue weighted by molar-refractivity contribution is -0.120. The van der Waals surface area contributed by atoms with Gasteiger partial charge in [-0.3, -0.25) is 9.59 Å². The summed E-state index contributed by atoms with van der Waals surface area (Å²) in [5.41, 5.74) is 2.11. The molecule has 34 heavy (non-hydrogen) atoms. The Balaban J connectivity index is 1.90. The zero-order valence-corrected chi connectivity index (χ0v) is 19.0. The number of benzene rings is 3. The molecule has 4 rings (SSSR count). The van der Waals surface area contributed by atoms with Crippen molar-refractivity contribution in [1.29, 1.82) is 0 Å². The second kappa shape index (κ2) is 8.97. The van der Waals surface area contributed by atoms with Crippen molar-refractivity contribution in [1.82, 2.24) is 0 Å². The molecule has 0 aromatic heterocycles. The molecule has 6 nitrogen and oxygen atoms in total. The minimum absolute atomic E-state index is 0.0454. The Labute approximate surface area is 195 Å². The summed E-state index contributed by atoms with van der Waals surface area (Å²) in [5.74, 6) is -2.36. The standard InChI is InChI=1S/C26H22F2N2O4/c1-14-5-8-18(15(2)11-14)23-24(29-20-10-7-17(33-3)13-22(20)34-4)26(32)30(25(23)31)21-12-16(27)6-9-19(21)28/h5-13,29H,1-4H3. The number of carbonyl (C=O) groups excluding carboxylic acids is 2. The van der Waals surface area contributed by atoms with Crippen LogP contribution in [0.5, 0.6) is 11.5 Å². The lowest BCUT2D eigenvalue weighted by Gasteiger charge is -2.17. The first kappa shape index (κ1) is 23.0. The summed E-state index contributed by atoms with van der Waals surface area (Å²) in [4.78, 5) is 27.7. The van der Waals surface area contributed by atoms with Crippen LogP contribution in [0.1, 0.15) is 16.7 Å². The summed E-state index contributed by atoms with van der Waals surface area (Å²) in [7, 11) is 2.96. The summed E-state index contributed by atoms with van der Waals surface area (Å²) in [6.45, 7) is 3.71. The zero-order chi connectivity index (χ0) is 24.6. The van der Waals surface area contributed by atoms with E-state index in [9.17, 15) is 18.4 Å². The van der Waals surface area contributed by atoms with Crippen LogP contribution in [0.3, 0.4) is 0 Å². The van der Waals surface area contributed by atoms with Crippen LogP contribution in [-0.4, -0.2) is 26.0 Å². The number of amides is 2. The summed E-state index contributed by atoms with van der Waals surface area (Å²) in [5, 5.41) is 2.99. The van der Waals surface area contributed by atoms with Gasteiger partial charge in [-0.2, -0.15) is 0 Å². The second-order valence-electron chi connectivity index (χ2n) is 7.80. The molecule has 1 N–H and O–H groups in total. The molecular formula is C26H22F2N2O4. The quantitative estimate of drug-likeness (QED) is 0.521. The molecule has 3 aromatic carbocycles. The molecular weight excluding hydrogens is 442 g/mol. The Kier molecular flexibility index (Phi) is 6.06. The Bertz CT molecular complexity index is 1350. The van der Waals surface area contributed by atoms with E-state index in [1.165, 1.54) is 14.2 Å². The van der Waals surface area contributed by atoms with Crippen LogP contribution < -0.4 is 19.7 Å². The van der Waals surface area contributed by atoms with E-state index >= 15 is 0 Å². The van der Waals surface area contributed by atoms with Gasteiger partial charge in [-0.25, -0.2) is 13.7 Å². The third-order valence-corrected chi connectivity index (χ3v) is 5.55. The van der Waals surface area contributed by atoms with Crippen molar-refractivity contribution in [2.75, 3.05) is 24.4 Å². The maximum absolute atomic E-state index is 14.6. The van der Waals surface area contributed by atoms with Crippen molar-refractivity contribution in [3.8, 4) is 11.5 Å². The van der Waals surface area contributed by atoms with Crippen molar-refractivity contribution in [2.24, 2.45) is 0 Å². The third kappa shape index (κ3) is 3.98. The van der Waals surface area contributed by atoms with E-state index in [-0.39, 0.29) is 11.3 Å². The maximum atomic E-state index is 14.6. The minimum atomic E-state index is -0.897. The van der Waals surface area contributed by atoms with Gasteiger partial charge in [-0.05, 0) is 49.2 Å². The molecule has 3 aromatic rings. The molecule has 1 heterocycles. The predicted octanol–water partition coefficient (Wildman–Crippen LogP) is 5.00. The monoisotopic (exact) mass is 464 g/mol. The Morgan fingerprint density at radius 3 is 2.29 bits per heavy atom. The SMILES string of the molecule is COc1ccc(NC2=C(c3ccc(C)cc3C)C(=O)N(c3cc(F)ccc3F)C2=O)c(OC)c1. The number of methoxy groups -OCH3 is 2. The van der Waals surface area contributed by atoms with Crippen LogP contribution in [0.25, 0.3) is 5.57 Å². The Morgan fingerprint density at radius 2 is 1.62 bits per heavy atom. The molecule has 0 aliphatic carbocycles. The van der Waals surface area contributed by atoms with Gasteiger partial charge in [0.05, 0.1) is 31.2 Å². The lowest BCUT2D eigenvalue weighted by atomic mass is 9.97. The number of halogens is 2. The smallest absolute Gasteiger partial charge is 0.282 e. The van der Waals surface area contributed by atoms with Crippen molar-refractivity contribution in [3.63, 3.8) is 0 Å². The van der Waals surface area contributed by atoms with E-state index in [0.29, 0.717) is 27.6 Å². The summed E-state index contributed by atoms with van der Waals surface area (Å²) in [6.07, 6.45) is 0. The molecule has 0 spiro atoms. The van der Waals surface area contributed by atoms with Gasteiger partial charge in [-0.1, -0.05) is 23.8 Å². The fourth-order valence-corrected chi connectivity index (χ4v) is 3.90. The number of nitrogens with zero attached hydrogens (tertiary/aromatic N) is 1. The van der Waals surface area contributed by atoms with Crippen LogP contribution in [0, 0.1) is 25.5 Å². The van der Waals surface area contributed by atoms with Gasteiger partial charge in [0.15, 0.2) is 0 Å². The number of hydrogen-bond donors (Lipinski definition) is 1. The van der Waals surface area contributed by atoms with E-state index in [2.05, 4.69) is 5.32 Å². The van der Waals surface area contributed by atoms with Gasteiger partial charge < -0.3 is 14.8 Å². The van der Waals surface area contributed by atoms with Gasteiger partial charge in [0, 0.05) is 12.1 Å². The number of nitrogens with one attached hydrogen (secondary N) is 1. The number of hydrogen-bond acceptors (Lipinski definition) is 5. The average Bonchev–Trinajstić information content (AvgIpc) is 3.05. The van der Waals surface area contributed by atoms with Gasteiger partial charge in [0.25, 0.3) is 11.8 Å². The molecule has 0 fully saturated rings. The highest BCUT2D eigenvalue weighted by Crippen LogP contribution is 2.38. The molecule has 174 valence electrons. The normalized spacial score (nSPS) is 13.5. The van der Waals surface area contributed by atoms with E-state index in [0.717, 1.165) is 29.3 Å². The predicted molar refractivity (Wildman–Crippen MR) is 125 cm³/mol. The van der Waals surface area contributed by atoms with Crippen molar-refractivity contribution in [3.05, 3.63) is 88.6 Å². The number of imide groups is 1. The van der Waals surface area contributed by atoms with Crippen LogP contribution in [0.2, 0.25) is 0 Å². The fourth-order valence-electron chi connectivity index (χ4n) is 3.90. The highest BCUT2D eigenvalue weighted by molar-refractivity contribution is 6.46. The first-order chi connectivity index (χ1) is 16.2.